The molecule has 204 valence electrons. The van der Waals surface area contributed by atoms with E-state index in [0.29, 0.717) is 12.8 Å². The van der Waals surface area contributed by atoms with E-state index < -0.39 is 24.2 Å². The maximum Gasteiger partial charge on any atom is 0.249 e. The van der Waals surface area contributed by atoms with Gasteiger partial charge in [-0.3, -0.25) is 4.79 Å². The number of nitrogens with one attached hydrogen (secondary N) is 1. The molecule has 3 unspecified atom stereocenters. The predicted molar refractivity (Wildman–Crippen MR) is 144 cm³/mol. The summed E-state index contributed by atoms with van der Waals surface area (Å²) in [5, 5.41) is 32.8. The van der Waals surface area contributed by atoms with Crippen LogP contribution in [0.1, 0.15) is 155 Å². The smallest absolute Gasteiger partial charge is 0.249 e. The van der Waals surface area contributed by atoms with Crippen LogP contribution in [0.2, 0.25) is 0 Å². The van der Waals surface area contributed by atoms with Gasteiger partial charge in [-0.2, -0.15) is 0 Å². The molecule has 0 radical (unpaired) electrons. The lowest BCUT2D eigenvalue weighted by Gasteiger charge is -2.23. The van der Waals surface area contributed by atoms with E-state index in [4.69, 9.17) is 0 Å². The van der Waals surface area contributed by atoms with Crippen LogP contribution in [0.3, 0.4) is 0 Å². The molecule has 0 saturated heterocycles. The third kappa shape index (κ3) is 20.7. The molecule has 0 bridgehead atoms. The van der Waals surface area contributed by atoms with Gasteiger partial charge in [0, 0.05) is 0 Å². The zero-order valence-electron chi connectivity index (χ0n) is 22.7. The summed E-state index contributed by atoms with van der Waals surface area (Å²) in [6.07, 6.45) is 23.7. The van der Waals surface area contributed by atoms with Gasteiger partial charge in [0.05, 0.1) is 18.8 Å². The van der Waals surface area contributed by atoms with Gasteiger partial charge in [-0.1, -0.05) is 142 Å². The molecule has 0 aliphatic rings. The Morgan fingerprint density at radius 1 is 0.588 bits per heavy atom. The molecule has 34 heavy (non-hydrogen) atoms. The number of carbonyl (C=O) groups is 1. The number of unbranched alkanes of at least 4 members (excludes halogenated alkanes) is 18. The summed E-state index contributed by atoms with van der Waals surface area (Å²) in [5.41, 5.74) is 0. The van der Waals surface area contributed by atoms with Gasteiger partial charge in [-0.25, -0.2) is 0 Å². The highest BCUT2D eigenvalue weighted by atomic mass is 16.3. The Balaban J connectivity index is 3.76. The molecular formula is C29H59NO4. The summed E-state index contributed by atoms with van der Waals surface area (Å²) in [7, 11) is 0. The standard InChI is InChI=1S/C29H59NO4/c1-3-5-7-9-11-13-14-16-17-19-21-23-27(32)26(25-31)30-29(34)28(33)24-22-20-18-15-12-10-8-6-4-2/h26-28,31-33H,3-25H2,1-2H3,(H,30,34). The van der Waals surface area contributed by atoms with Crippen molar-refractivity contribution < 1.29 is 20.1 Å². The topological polar surface area (TPSA) is 89.8 Å². The second-order valence-corrected chi connectivity index (χ2v) is 10.3. The van der Waals surface area contributed by atoms with Crippen molar-refractivity contribution in [3.63, 3.8) is 0 Å². The number of rotatable bonds is 26. The molecule has 0 aromatic carbocycles. The largest absolute Gasteiger partial charge is 0.394 e. The SMILES string of the molecule is CCCCCCCCCCCCCC(O)C(CO)NC(=O)C(O)CCCCCCCCCCC. The molecule has 0 aliphatic heterocycles. The second kappa shape index (κ2) is 25.4. The van der Waals surface area contributed by atoms with Crippen LogP contribution in [0.4, 0.5) is 0 Å². The van der Waals surface area contributed by atoms with Crippen molar-refractivity contribution in [2.75, 3.05) is 6.61 Å². The Morgan fingerprint density at radius 2 is 0.941 bits per heavy atom. The first-order valence-electron chi connectivity index (χ1n) is 14.8. The minimum Gasteiger partial charge on any atom is -0.394 e. The monoisotopic (exact) mass is 485 g/mol. The highest BCUT2D eigenvalue weighted by Gasteiger charge is 2.23. The van der Waals surface area contributed by atoms with E-state index >= 15 is 0 Å². The lowest BCUT2D eigenvalue weighted by Crippen LogP contribution is -2.49. The van der Waals surface area contributed by atoms with Gasteiger partial charge < -0.3 is 20.6 Å². The van der Waals surface area contributed by atoms with E-state index in [2.05, 4.69) is 19.2 Å². The molecule has 5 heteroatoms. The average molecular weight is 486 g/mol. The van der Waals surface area contributed by atoms with Crippen molar-refractivity contribution in [3.8, 4) is 0 Å². The summed E-state index contributed by atoms with van der Waals surface area (Å²) in [5.74, 6) is -0.475. The number of amides is 1. The number of hydrogen-bond donors (Lipinski definition) is 4. The van der Waals surface area contributed by atoms with Gasteiger partial charge in [0.25, 0.3) is 0 Å². The Bertz CT molecular complexity index is 432. The predicted octanol–water partition coefficient (Wildman–Crippen LogP) is 6.81. The number of aliphatic hydroxyl groups excluding tert-OH is 3. The molecule has 5 nitrogen and oxygen atoms in total. The first kappa shape index (κ1) is 33.4. The third-order valence-corrected chi connectivity index (χ3v) is 6.98. The van der Waals surface area contributed by atoms with Gasteiger partial charge in [0.15, 0.2) is 0 Å². The molecular weight excluding hydrogens is 426 g/mol. The van der Waals surface area contributed by atoms with Crippen molar-refractivity contribution in [1.82, 2.24) is 5.32 Å². The van der Waals surface area contributed by atoms with Gasteiger partial charge in [0.1, 0.15) is 6.10 Å². The summed E-state index contributed by atoms with van der Waals surface area (Å²) in [6.45, 7) is 4.16. The van der Waals surface area contributed by atoms with Crippen LogP contribution in [-0.4, -0.2) is 46.1 Å². The Kier molecular flexibility index (Phi) is 25.0. The summed E-state index contributed by atoms with van der Waals surface area (Å²) >= 11 is 0. The zero-order valence-corrected chi connectivity index (χ0v) is 22.7. The van der Waals surface area contributed by atoms with Crippen LogP contribution in [0.15, 0.2) is 0 Å². The molecule has 1 amide bonds. The van der Waals surface area contributed by atoms with Crippen LogP contribution in [0.25, 0.3) is 0 Å². The van der Waals surface area contributed by atoms with E-state index in [1.807, 2.05) is 0 Å². The molecule has 0 spiro atoms. The van der Waals surface area contributed by atoms with Gasteiger partial charge in [-0.05, 0) is 12.8 Å². The maximum atomic E-state index is 12.3. The Labute approximate surface area is 211 Å². The van der Waals surface area contributed by atoms with E-state index in [0.717, 1.165) is 32.1 Å². The average Bonchev–Trinajstić information content (AvgIpc) is 2.84. The molecule has 0 aromatic heterocycles. The summed E-state index contributed by atoms with van der Waals surface area (Å²) in [6, 6.07) is -0.701. The van der Waals surface area contributed by atoms with Crippen LogP contribution in [0.5, 0.6) is 0 Å². The fraction of sp³-hybridized carbons (Fsp3) is 0.966. The van der Waals surface area contributed by atoms with Crippen LogP contribution in [0, 0.1) is 0 Å². The Morgan fingerprint density at radius 3 is 1.32 bits per heavy atom. The van der Waals surface area contributed by atoms with Gasteiger partial charge in [-0.15, -0.1) is 0 Å². The lowest BCUT2D eigenvalue weighted by atomic mass is 10.0. The second-order valence-electron chi connectivity index (χ2n) is 10.3. The van der Waals surface area contributed by atoms with Crippen LogP contribution in [-0.2, 0) is 4.79 Å². The van der Waals surface area contributed by atoms with Crippen molar-refractivity contribution in [3.05, 3.63) is 0 Å². The maximum absolute atomic E-state index is 12.3. The first-order chi connectivity index (χ1) is 16.6. The van der Waals surface area contributed by atoms with E-state index in [9.17, 15) is 20.1 Å². The first-order valence-corrected chi connectivity index (χ1v) is 14.8. The molecule has 0 heterocycles. The van der Waals surface area contributed by atoms with Crippen LogP contribution >= 0.6 is 0 Å². The van der Waals surface area contributed by atoms with Gasteiger partial charge in [0.2, 0.25) is 5.91 Å². The molecule has 3 atom stereocenters. The van der Waals surface area contributed by atoms with E-state index in [1.54, 1.807) is 0 Å². The zero-order chi connectivity index (χ0) is 25.3. The van der Waals surface area contributed by atoms with E-state index in [1.165, 1.54) is 96.3 Å². The highest BCUT2D eigenvalue weighted by Crippen LogP contribution is 2.14. The van der Waals surface area contributed by atoms with Crippen molar-refractivity contribution in [1.29, 1.82) is 0 Å². The minimum atomic E-state index is -1.06. The third-order valence-electron chi connectivity index (χ3n) is 6.98. The fourth-order valence-electron chi connectivity index (χ4n) is 4.54. The number of carbonyl (C=O) groups excluding carboxylic acids is 1. The number of hydrogen-bond acceptors (Lipinski definition) is 4. The minimum absolute atomic E-state index is 0.310. The Hall–Kier alpha value is -0.650. The normalized spacial score (nSPS) is 14.1. The molecule has 0 fully saturated rings. The summed E-state index contributed by atoms with van der Waals surface area (Å²) < 4.78 is 0. The number of aliphatic hydroxyl groups is 3. The van der Waals surface area contributed by atoms with Crippen molar-refractivity contribution >= 4 is 5.91 Å². The quantitative estimate of drug-likeness (QED) is 0.101. The van der Waals surface area contributed by atoms with Crippen LogP contribution < -0.4 is 5.32 Å². The van der Waals surface area contributed by atoms with Crippen molar-refractivity contribution in [2.45, 2.75) is 173 Å². The van der Waals surface area contributed by atoms with E-state index in [-0.39, 0.29) is 6.61 Å². The summed E-state index contributed by atoms with van der Waals surface area (Å²) in [4.78, 5) is 12.3. The molecule has 0 aromatic rings. The molecule has 0 rings (SSSR count). The fourth-order valence-corrected chi connectivity index (χ4v) is 4.54. The van der Waals surface area contributed by atoms with Gasteiger partial charge >= 0.3 is 0 Å². The molecule has 4 N–H and O–H groups in total. The lowest BCUT2D eigenvalue weighted by molar-refractivity contribution is -0.131. The van der Waals surface area contributed by atoms with Crippen molar-refractivity contribution in [2.24, 2.45) is 0 Å². The molecule has 0 aliphatic carbocycles. The molecule has 0 saturated carbocycles. The highest BCUT2D eigenvalue weighted by molar-refractivity contribution is 5.80.